The molecule has 3 unspecified atom stereocenters. The van der Waals surface area contributed by atoms with Crippen molar-refractivity contribution in [2.45, 2.75) is 26.3 Å². The molecule has 6 aromatic rings. The predicted molar refractivity (Wildman–Crippen MR) is 179 cm³/mol. The minimum absolute atomic E-state index is 0.0608. The van der Waals surface area contributed by atoms with Crippen LogP contribution in [0, 0.1) is 34.5 Å². The van der Waals surface area contributed by atoms with Crippen LogP contribution in [0.3, 0.4) is 0 Å². The SMILES string of the molecule is CC1C=Cc2c(n(-c3cccc(C4=CC(n5c6ccc(C#N)cc6c6cc(C#N)ccc65)C(C)C=C4)c3)c3ccccc23)C1. The lowest BCUT2D eigenvalue weighted by Crippen LogP contribution is -2.16. The number of hydrogen-bond acceptors (Lipinski definition) is 2. The number of rotatable bonds is 3. The van der Waals surface area contributed by atoms with E-state index < -0.39 is 0 Å². The van der Waals surface area contributed by atoms with Crippen LogP contribution in [0.5, 0.6) is 0 Å². The van der Waals surface area contributed by atoms with Gasteiger partial charge < -0.3 is 9.13 Å². The van der Waals surface area contributed by atoms with E-state index in [1.54, 1.807) is 0 Å². The topological polar surface area (TPSA) is 57.4 Å². The summed E-state index contributed by atoms with van der Waals surface area (Å²) < 4.78 is 4.84. The first-order valence-electron chi connectivity index (χ1n) is 15.2. The Kier molecular flexibility index (Phi) is 5.93. The molecule has 0 N–H and O–H groups in total. The molecule has 4 heteroatoms. The summed E-state index contributed by atoms with van der Waals surface area (Å²) in [7, 11) is 0. The molecule has 3 atom stereocenters. The largest absolute Gasteiger partial charge is 0.333 e. The van der Waals surface area contributed by atoms with Crippen LogP contribution in [0.1, 0.15) is 47.8 Å². The van der Waals surface area contributed by atoms with E-state index in [0.29, 0.717) is 17.0 Å². The van der Waals surface area contributed by atoms with Crippen LogP contribution in [0.25, 0.3) is 50.0 Å². The average Bonchev–Trinajstić information content (AvgIpc) is 3.56. The number of allylic oxidation sites excluding steroid dienone is 5. The minimum Gasteiger partial charge on any atom is -0.333 e. The van der Waals surface area contributed by atoms with Gasteiger partial charge in [-0.15, -0.1) is 0 Å². The molecule has 0 radical (unpaired) electrons. The molecule has 4 nitrogen and oxygen atoms in total. The second kappa shape index (κ2) is 10.0. The van der Waals surface area contributed by atoms with Crippen LogP contribution < -0.4 is 0 Å². The number of aromatic nitrogens is 2. The van der Waals surface area contributed by atoms with Gasteiger partial charge in [0.2, 0.25) is 0 Å². The predicted octanol–water partition coefficient (Wildman–Crippen LogP) is 9.52. The smallest absolute Gasteiger partial charge is 0.0991 e. The highest BCUT2D eigenvalue weighted by Crippen LogP contribution is 2.41. The minimum atomic E-state index is 0.0608. The van der Waals surface area contributed by atoms with Gasteiger partial charge >= 0.3 is 0 Å². The zero-order valence-corrected chi connectivity index (χ0v) is 24.7. The third-order valence-electron chi connectivity index (χ3n) is 9.39. The highest BCUT2D eigenvalue weighted by atomic mass is 15.0. The molecular weight excluding hydrogens is 536 g/mol. The van der Waals surface area contributed by atoms with Gasteiger partial charge in [-0.05, 0) is 84.0 Å². The number of nitrogens with zero attached hydrogens (tertiary/aromatic N) is 4. The van der Waals surface area contributed by atoms with E-state index in [0.717, 1.165) is 28.2 Å². The molecule has 0 saturated carbocycles. The van der Waals surface area contributed by atoms with Gasteiger partial charge in [-0.25, -0.2) is 0 Å². The molecule has 0 amide bonds. The molecule has 2 heterocycles. The molecular formula is C40H30N4. The summed E-state index contributed by atoms with van der Waals surface area (Å²) in [4.78, 5) is 0. The molecule has 0 bridgehead atoms. The molecule has 0 saturated heterocycles. The quantitative estimate of drug-likeness (QED) is 0.214. The van der Waals surface area contributed by atoms with Gasteiger partial charge in [-0.3, -0.25) is 0 Å². The zero-order valence-electron chi connectivity index (χ0n) is 24.7. The molecule has 0 spiro atoms. The molecule has 8 rings (SSSR count). The lowest BCUT2D eigenvalue weighted by Gasteiger charge is -2.27. The Bertz CT molecular complexity index is 2250. The molecule has 2 aromatic heterocycles. The van der Waals surface area contributed by atoms with E-state index in [-0.39, 0.29) is 12.0 Å². The maximum absolute atomic E-state index is 9.62. The van der Waals surface area contributed by atoms with Crippen molar-refractivity contribution in [2.75, 3.05) is 0 Å². The first-order chi connectivity index (χ1) is 21.5. The molecule has 210 valence electrons. The zero-order chi connectivity index (χ0) is 29.9. The van der Waals surface area contributed by atoms with Gasteiger partial charge in [-0.2, -0.15) is 10.5 Å². The Morgan fingerprint density at radius 1 is 0.705 bits per heavy atom. The number of benzene rings is 4. The van der Waals surface area contributed by atoms with Crippen molar-refractivity contribution >= 4 is 44.4 Å². The van der Waals surface area contributed by atoms with Crippen molar-refractivity contribution in [3.8, 4) is 17.8 Å². The molecule has 2 aliphatic carbocycles. The Balaban J connectivity index is 1.28. The van der Waals surface area contributed by atoms with E-state index in [4.69, 9.17) is 0 Å². The highest BCUT2D eigenvalue weighted by molar-refractivity contribution is 6.09. The Hall–Kier alpha value is -5.58. The molecule has 2 aliphatic rings. The van der Waals surface area contributed by atoms with Crippen molar-refractivity contribution in [3.63, 3.8) is 0 Å². The monoisotopic (exact) mass is 566 g/mol. The maximum atomic E-state index is 9.62. The number of hydrogen-bond donors (Lipinski definition) is 0. The van der Waals surface area contributed by atoms with Gasteiger partial charge in [0, 0.05) is 44.1 Å². The van der Waals surface area contributed by atoms with Crippen molar-refractivity contribution in [3.05, 3.63) is 137 Å². The third-order valence-corrected chi connectivity index (χ3v) is 9.39. The normalized spacial score (nSPS) is 19.2. The standard InChI is InChI=1S/C40H30N4/c1-25-10-15-33-32-8-3-4-9-36(32)43(40(33)18-25)31-7-5-6-29(21-31)30-14-11-26(2)39(22-30)44-37-16-12-27(23-41)19-34(37)35-20-28(24-42)13-17-38(35)44/h3-17,19-22,25-26,39H,18H2,1-2H3. The summed E-state index contributed by atoms with van der Waals surface area (Å²) in [6.07, 6.45) is 12.6. The molecule has 4 aromatic carbocycles. The van der Waals surface area contributed by atoms with Crippen LogP contribution in [0.15, 0.2) is 109 Å². The van der Waals surface area contributed by atoms with Crippen molar-refractivity contribution < 1.29 is 0 Å². The Morgan fingerprint density at radius 2 is 1.43 bits per heavy atom. The van der Waals surface area contributed by atoms with E-state index in [9.17, 15) is 10.5 Å². The fourth-order valence-electron chi connectivity index (χ4n) is 7.23. The van der Waals surface area contributed by atoms with Gasteiger partial charge in [-0.1, -0.05) is 74.6 Å². The molecule has 44 heavy (non-hydrogen) atoms. The molecule has 0 aliphatic heterocycles. The lowest BCUT2D eigenvalue weighted by molar-refractivity contribution is 0.512. The third kappa shape index (κ3) is 3.96. The first-order valence-corrected chi connectivity index (χ1v) is 15.2. The summed E-state index contributed by atoms with van der Waals surface area (Å²) in [5, 5.41) is 22.5. The Labute approximate surface area is 256 Å². The van der Waals surface area contributed by atoms with Gasteiger partial charge in [0.15, 0.2) is 0 Å². The van der Waals surface area contributed by atoms with Crippen molar-refractivity contribution in [2.24, 2.45) is 11.8 Å². The second-order valence-electron chi connectivity index (χ2n) is 12.2. The summed E-state index contributed by atoms with van der Waals surface area (Å²) in [5.74, 6) is 0.750. The fraction of sp³-hybridized carbons (Fsp3) is 0.150. The maximum Gasteiger partial charge on any atom is 0.0991 e. The van der Waals surface area contributed by atoms with E-state index in [1.165, 1.54) is 39.0 Å². The van der Waals surface area contributed by atoms with Crippen LogP contribution in [-0.2, 0) is 6.42 Å². The first kappa shape index (κ1) is 26.1. The summed E-state index contributed by atoms with van der Waals surface area (Å²) >= 11 is 0. The second-order valence-corrected chi connectivity index (χ2v) is 12.2. The lowest BCUT2D eigenvalue weighted by atomic mass is 9.89. The van der Waals surface area contributed by atoms with E-state index in [1.807, 2.05) is 24.3 Å². The number of fused-ring (bicyclic) bond motifs is 6. The summed E-state index contributed by atoms with van der Waals surface area (Å²) in [6, 6.07) is 34.0. The van der Waals surface area contributed by atoms with Crippen LogP contribution >= 0.6 is 0 Å². The summed E-state index contributed by atoms with van der Waals surface area (Å²) in [6.45, 7) is 4.54. The average molecular weight is 567 g/mol. The van der Waals surface area contributed by atoms with Crippen molar-refractivity contribution in [1.29, 1.82) is 10.5 Å². The highest BCUT2D eigenvalue weighted by Gasteiger charge is 2.25. The van der Waals surface area contributed by atoms with Crippen molar-refractivity contribution in [1.82, 2.24) is 9.13 Å². The van der Waals surface area contributed by atoms with Gasteiger partial charge in [0.05, 0.1) is 34.8 Å². The van der Waals surface area contributed by atoms with E-state index >= 15 is 0 Å². The number of para-hydroxylation sites is 1. The van der Waals surface area contributed by atoms with Gasteiger partial charge in [0.1, 0.15) is 0 Å². The van der Waals surface area contributed by atoms with Crippen LogP contribution in [-0.4, -0.2) is 9.13 Å². The Morgan fingerprint density at radius 3 is 2.16 bits per heavy atom. The summed E-state index contributed by atoms with van der Waals surface area (Å²) in [5.41, 5.74) is 10.9. The number of nitriles is 2. The van der Waals surface area contributed by atoms with E-state index in [2.05, 4.69) is 126 Å². The van der Waals surface area contributed by atoms with Crippen LogP contribution in [0.4, 0.5) is 0 Å². The van der Waals surface area contributed by atoms with Crippen LogP contribution in [0.2, 0.25) is 0 Å². The fourth-order valence-corrected chi connectivity index (χ4v) is 7.23. The van der Waals surface area contributed by atoms with Gasteiger partial charge in [0.25, 0.3) is 0 Å². The molecule has 0 fully saturated rings.